The van der Waals surface area contributed by atoms with E-state index in [-0.39, 0.29) is 17.2 Å². The van der Waals surface area contributed by atoms with Crippen LogP contribution in [0, 0.1) is 5.92 Å². The van der Waals surface area contributed by atoms with Gasteiger partial charge in [-0.2, -0.15) is 0 Å². The predicted octanol–water partition coefficient (Wildman–Crippen LogP) is 4.99. The lowest BCUT2D eigenvalue weighted by molar-refractivity contribution is -0.117. The summed E-state index contributed by atoms with van der Waals surface area (Å²) in [4.78, 5) is 12.3. The van der Waals surface area contributed by atoms with Gasteiger partial charge in [0.05, 0.1) is 5.92 Å². The van der Waals surface area contributed by atoms with Crippen LogP contribution in [0.15, 0.2) is 18.2 Å². The van der Waals surface area contributed by atoms with Crippen LogP contribution in [0.5, 0.6) is 0 Å². The maximum absolute atomic E-state index is 12.3. The van der Waals surface area contributed by atoms with Gasteiger partial charge in [-0.25, -0.2) is 0 Å². The molecule has 2 nitrogen and oxygen atoms in total. The number of carbonyl (C=O) groups excluding carboxylic acids is 1. The van der Waals surface area contributed by atoms with Crippen LogP contribution >= 0.6 is 0 Å². The van der Waals surface area contributed by atoms with E-state index in [0.29, 0.717) is 0 Å². The van der Waals surface area contributed by atoms with E-state index in [4.69, 9.17) is 0 Å². The molecule has 1 saturated carbocycles. The third-order valence-electron chi connectivity index (χ3n) is 5.21. The van der Waals surface area contributed by atoms with Gasteiger partial charge in [-0.15, -0.1) is 0 Å². The van der Waals surface area contributed by atoms with Gasteiger partial charge in [0, 0.05) is 5.69 Å². The smallest absolute Gasteiger partial charge is 0.232 e. The standard InChI is InChI=1S/C19H27NO/c1-19(2,3)14-9-11-17-16(12-14)15(18(21)20-17)10-8-13-6-4-5-7-13/h9,11-13,15H,4-8,10H2,1-3H3,(H,20,21). The molecular formula is C19H27NO. The van der Waals surface area contributed by atoms with Crippen LogP contribution in [0.4, 0.5) is 5.69 Å². The molecular weight excluding hydrogens is 258 g/mol. The Labute approximate surface area is 128 Å². The Morgan fingerprint density at radius 2 is 1.86 bits per heavy atom. The Bertz CT molecular complexity index is 535. The minimum Gasteiger partial charge on any atom is -0.325 e. The third-order valence-corrected chi connectivity index (χ3v) is 5.21. The second-order valence-corrected chi connectivity index (χ2v) is 7.82. The number of benzene rings is 1. The van der Waals surface area contributed by atoms with E-state index in [0.717, 1.165) is 18.0 Å². The van der Waals surface area contributed by atoms with E-state index < -0.39 is 0 Å². The number of fused-ring (bicyclic) bond motifs is 1. The van der Waals surface area contributed by atoms with Gasteiger partial charge in [-0.05, 0) is 41.4 Å². The molecule has 1 aliphatic carbocycles. The lowest BCUT2D eigenvalue weighted by atomic mass is 9.83. The van der Waals surface area contributed by atoms with Crippen LogP contribution in [0.1, 0.15) is 76.3 Å². The minimum absolute atomic E-state index is 0.0721. The lowest BCUT2D eigenvalue weighted by Gasteiger charge is -2.21. The average molecular weight is 285 g/mol. The first-order valence-electron chi connectivity index (χ1n) is 8.40. The Balaban J connectivity index is 1.78. The number of hydrogen-bond acceptors (Lipinski definition) is 1. The fraction of sp³-hybridized carbons (Fsp3) is 0.632. The molecule has 0 saturated heterocycles. The largest absolute Gasteiger partial charge is 0.325 e. The third kappa shape index (κ3) is 3.00. The summed E-state index contributed by atoms with van der Waals surface area (Å²) in [7, 11) is 0. The van der Waals surface area contributed by atoms with Gasteiger partial charge >= 0.3 is 0 Å². The summed E-state index contributed by atoms with van der Waals surface area (Å²) in [5, 5.41) is 3.06. The van der Waals surface area contributed by atoms with Crippen molar-refractivity contribution in [2.24, 2.45) is 5.92 Å². The highest BCUT2D eigenvalue weighted by molar-refractivity contribution is 6.02. The van der Waals surface area contributed by atoms with Crippen molar-refractivity contribution in [2.45, 2.75) is 70.6 Å². The summed E-state index contributed by atoms with van der Waals surface area (Å²) < 4.78 is 0. The van der Waals surface area contributed by atoms with Crippen molar-refractivity contribution in [3.63, 3.8) is 0 Å². The van der Waals surface area contributed by atoms with Crippen molar-refractivity contribution >= 4 is 11.6 Å². The molecule has 0 spiro atoms. The maximum Gasteiger partial charge on any atom is 0.232 e. The van der Waals surface area contributed by atoms with Crippen molar-refractivity contribution in [3.05, 3.63) is 29.3 Å². The molecule has 1 aromatic rings. The molecule has 114 valence electrons. The van der Waals surface area contributed by atoms with Gasteiger partial charge in [0.25, 0.3) is 0 Å². The van der Waals surface area contributed by atoms with E-state index >= 15 is 0 Å². The zero-order valence-electron chi connectivity index (χ0n) is 13.5. The molecule has 1 fully saturated rings. The molecule has 1 aliphatic heterocycles. The van der Waals surface area contributed by atoms with Crippen molar-refractivity contribution < 1.29 is 4.79 Å². The number of nitrogens with one attached hydrogen (secondary N) is 1. The highest BCUT2D eigenvalue weighted by atomic mass is 16.2. The second-order valence-electron chi connectivity index (χ2n) is 7.82. The van der Waals surface area contributed by atoms with Crippen molar-refractivity contribution in [2.75, 3.05) is 5.32 Å². The van der Waals surface area contributed by atoms with E-state index in [2.05, 4.69) is 44.3 Å². The molecule has 1 N–H and O–H groups in total. The number of anilines is 1. The number of rotatable bonds is 3. The summed E-state index contributed by atoms with van der Waals surface area (Å²) in [6.45, 7) is 6.69. The highest BCUT2D eigenvalue weighted by Crippen LogP contribution is 2.40. The lowest BCUT2D eigenvalue weighted by Crippen LogP contribution is -2.14. The Morgan fingerprint density at radius 1 is 1.14 bits per heavy atom. The van der Waals surface area contributed by atoms with Gasteiger partial charge in [-0.1, -0.05) is 58.6 Å². The quantitative estimate of drug-likeness (QED) is 0.832. The van der Waals surface area contributed by atoms with Crippen LogP contribution < -0.4 is 5.32 Å². The average Bonchev–Trinajstić information content (AvgIpc) is 3.01. The monoisotopic (exact) mass is 285 g/mol. The van der Waals surface area contributed by atoms with Gasteiger partial charge in [0.15, 0.2) is 0 Å². The summed E-state index contributed by atoms with van der Waals surface area (Å²) in [6, 6.07) is 6.49. The summed E-state index contributed by atoms with van der Waals surface area (Å²) >= 11 is 0. The first-order chi connectivity index (χ1) is 9.95. The Kier molecular flexibility index (Phi) is 3.81. The van der Waals surface area contributed by atoms with E-state index in [1.54, 1.807) is 0 Å². The molecule has 1 atom stereocenters. The highest BCUT2D eigenvalue weighted by Gasteiger charge is 2.32. The molecule has 1 amide bonds. The first kappa shape index (κ1) is 14.6. The van der Waals surface area contributed by atoms with Gasteiger partial charge in [0.1, 0.15) is 0 Å². The molecule has 2 heteroatoms. The fourth-order valence-electron chi connectivity index (χ4n) is 3.78. The topological polar surface area (TPSA) is 29.1 Å². The minimum atomic E-state index is 0.0721. The van der Waals surface area contributed by atoms with E-state index in [1.807, 2.05) is 0 Å². The van der Waals surface area contributed by atoms with Crippen molar-refractivity contribution in [1.29, 1.82) is 0 Å². The molecule has 3 rings (SSSR count). The second kappa shape index (κ2) is 5.47. The van der Waals surface area contributed by atoms with Crippen molar-refractivity contribution in [3.8, 4) is 0 Å². The zero-order valence-corrected chi connectivity index (χ0v) is 13.5. The number of carbonyl (C=O) groups is 1. The molecule has 2 aliphatic rings. The summed E-state index contributed by atoms with van der Waals surface area (Å²) in [5.41, 5.74) is 3.72. The van der Waals surface area contributed by atoms with E-state index in [1.165, 1.54) is 43.2 Å². The van der Waals surface area contributed by atoms with E-state index in [9.17, 15) is 4.79 Å². The van der Waals surface area contributed by atoms with Crippen LogP contribution in [0.3, 0.4) is 0 Å². The number of hydrogen-bond donors (Lipinski definition) is 1. The van der Waals surface area contributed by atoms with Crippen LogP contribution in [-0.4, -0.2) is 5.91 Å². The zero-order chi connectivity index (χ0) is 15.0. The SMILES string of the molecule is CC(C)(C)c1ccc2c(c1)C(CCC1CCCC1)C(=O)N2. The molecule has 0 bridgehead atoms. The van der Waals surface area contributed by atoms with Crippen LogP contribution in [0.25, 0.3) is 0 Å². The molecule has 1 heterocycles. The normalized spacial score (nSPS) is 22.4. The van der Waals surface area contributed by atoms with Crippen LogP contribution in [-0.2, 0) is 10.2 Å². The van der Waals surface area contributed by atoms with Crippen molar-refractivity contribution in [1.82, 2.24) is 0 Å². The molecule has 21 heavy (non-hydrogen) atoms. The first-order valence-corrected chi connectivity index (χ1v) is 8.40. The van der Waals surface area contributed by atoms with Gasteiger partial charge in [0.2, 0.25) is 5.91 Å². The Hall–Kier alpha value is -1.31. The van der Waals surface area contributed by atoms with Crippen LogP contribution in [0.2, 0.25) is 0 Å². The fourth-order valence-corrected chi connectivity index (χ4v) is 3.78. The molecule has 0 radical (unpaired) electrons. The number of amides is 1. The summed E-state index contributed by atoms with van der Waals surface area (Å²) in [6.07, 6.45) is 7.71. The molecule has 1 unspecified atom stereocenters. The molecule has 1 aromatic carbocycles. The van der Waals surface area contributed by atoms with Gasteiger partial charge in [-0.3, -0.25) is 4.79 Å². The maximum atomic E-state index is 12.3. The predicted molar refractivity (Wildman–Crippen MR) is 87.7 cm³/mol. The summed E-state index contributed by atoms with van der Waals surface area (Å²) in [5.74, 6) is 1.13. The Morgan fingerprint density at radius 3 is 2.52 bits per heavy atom. The van der Waals surface area contributed by atoms with Gasteiger partial charge < -0.3 is 5.32 Å². The molecule has 0 aromatic heterocycles.